The smallest absolute Gasteiger partial charge is 0.416 e. The highest BCUT2D eigenvalue weighted by atomic mass is 16.6. The molecule has 2 amide bonds. The van der Waals surface area contributed by atoms with Crippen LogP contribution in [0.4, 0.5) is 4.79 Å². The molecule has 0 aliphatic carbocycles. The molecule has 1 unspecified atom stereocenters. The molecule has 0 bridgehead atoms. The number of amides is 2. The zero-order chi connectivity index (χ0) is 17.6. The summed E-state index contributed by atoms with van der Waals surface area (Å²) >= 11 is 0. The van der Waals surface area contributed by atoms with Crippen LogP contribution in [0.1, 0.15) is 22.3 Å². The summed E-state index contributed by atoms with van der Waals surface area (Å²) in [6, 6.07) is 17.7. The van der Waals surface area contributed by atoms with Crippen molar-refractivity contribution in [1.29, 1.82) is 0 Å². The van der Waals surface area contributed by atoms with E-state index in [1.807, 2.05) is 30.3 Å². The molecule has 1 heterocycles. The first-order chi connectivity index (χ1) is 12.1. The Hall–Kier alpha value is -3.15. The summed E-state index contributed by atoms with van der Waals surface area (Å²) in [6.45, 7) is 0.0863. The number of carbonyl (C=O) groups excluding carboxylic acids is 3. The van der Waals surface area contributed by atoms with Crippen LogP contribution in [0.5, 0.6) is 0 Å². The first kappa shape index (κ1) is 16.7. The van der Waals surface area contributed by atoms with Crippen molar-refractivity contribution in [1.82, 2.24) is 4.90 Å². The Kier molecular flexibility index (Phi) is 5.09. The van der Waals surface area contributed by atoms with Crippen molar-refractivity contribution >= 4 is 18.0 Å². The number of nitrogens with zero attached hydrogens (tertiary/aromatic N) is 1. The first-order valence-corrected chi connectivity index (χ1v) is 7.90. The summed E-state index contributed by atoms with van der Waals surface area (Å²) < 4.78 is 10.4. The Morgan fingerprint density at radius 3 is 2.32 bits per heavy atom. The average Bonchev–Trinajstić information content (AvgIpc) is 3.01. The number of benzene rings is 2. The second kappa shape index (κ2) is 7.61. The van der Waals surface area contributed by atoms with Crippen LogP contribution in [0.25, 0.3) is 0 Å². The molecule has 6 heteroatoms. The van der Waals surface area contributed by atoms with E-state index in [0.717, 1.165) is 10.5 Å². The number of esters is 1. The minimum Gasteiger partial charge on any atom is -0.456 e. The second-order valence-corrected chi connectivity index (χ2v) is 5.64. The molecule has 1 aliphatic rings. The highest BCUT2D eigenvalue weighted by molar-refractivity contribution is 5.95. The van der Waals surface area contributed by atoms with Crippen molar-refractivity contribution < 1.29 is 23.9 Å². The van der Waals surface area contributed by atoms with Gasteiger partial charge in [-0.15, -0.1) is 0 Å². The van der Waals surface area contributed by atoms with E-state index in [0.29, 0.717) is 5.56 Å². The van der Waals surface area contributed by atoms with Crippen LogP contribution in [0, 0.1) is 0 Å². The lowest BCUT2D eigenvalue weighted by molar-refractivity contribution is -0.126. The second-order valence-electron chi connectivity index (χ2n) is 5.64. The predicted octanol–water partition coefficient (Wildman–Crippen LogP) is 2.78. The van der Waals surface area contributed by atoms with Crippen LogP contribution in [0.2, 0.25) is 0 Å². The van der Waals surface area contributed by atoms with Gasteiger partial charge in [0.15, 0.2) is 0 Å². The minimum atomic E-state index is -0.730. The van der Waals surface area contributed by atoms with Crippen molar-refractivity contribution in [3.8, 4) is 0 Å². The van der Waals surface area contributed by atoms with E-state index < -0.39 is 24.1 Å². The van der Waals surface area contributed by atoms with E-state index in [1.54, 1.807) is 30.3 Å². The Balaban J connectivity index is 1.53. The molecule has 0 spiro atoms. The van der Waals surface area contributed by atoms with Crippen molar-refractivity contribution in [3.63, 3.8) is 0 Å². The Morgan fingerprint density at radius 2 is 1.64 bits per heavy atom. The SMILES string of the molecule is O=C(OC1CC(=O)N(C(=O)OCc2ccccc2)C1)c1ccccc1. The summed E-state index contributed by atoms with van der Waals surface area (Å²) in [5.74, 6) is -0.929. The molecule has 1 aliphatic heterocycles. The van der Waals surface area contributed by atoms with Gasteiger partial charge in [-0.2, -0.15) is 0 Å². The molecule has 2 aromatic rings. The molecule has 0 aromatic heterocycles. The number of rotatable bonds is 4. The maximum atomic E-state index is 12.1. The lowest BCUT2D eigenvalue weighted by atomic mass is 10.2. The maximum Gasteiger partial charge on any atom is 0.416 e. The van der Waals surface area contributed by atoms with Crippen molar-refractivity contribution in [2.75, 3.05) is 6.54 Å². The lowest BCUT2D eigenvalue weighted by Gasteiger charge is -2.15. The zero-order valence-corrected chi connectivity index (χ0v) is 13.5. The normalized spacial score (nSPS) is 16.6. The number of likely N-dealkylation sites (tertiary alicyclic amines) is 1. The van der Waals surface area contributed by atoms with E-state index >= 15 is 0 Å². The van der Waals surface area contributed by atoms with Gasteiger partial charge in [0, 0.05) is 0 Å². The molecule has 1 atom stereocenters. The third-order valence-electron chi connectivity index (χ3n) is 3.80. The van der Waals surface area contributed by atoms with Gasteiger partial charge in [0.25, 0.3) is 0 Å². The fraction of sp³-hybridized carbons (Fsp3) is 0.211. The summed E-state index contributed by atoms with van der Waals surface area (Å²) in [5, 5.41) is 0. The van der Waals surface area contributed by atoms with E-state index in [4.69, 9.17) is 9.47 Å². The number of hydrogen-bond donors (Lipinski definition) is 0. The van der Waals surface area contributed by atoms with Gasteiger partial charge in [0.05, 0.1) is 18.5 Å². The van der Waals surface area contributed by atoms with Crippen LogP contribution in [-0.4, -0.2) is 35.5 Å². The van der Waals surface area contributed by atoms with Gasteiger partial charge in [-0.05, 0) is 17.7 Å². The topological polar surface area (TPSA) is 72.9 Å². The van der Waals surface area contributed by atoms with E-state index in [1.165, 1.54) is 0 Å². The molecule has 2 aromatic carbocycles. The van der Waals surface area contributed by atoms with Crippen LogP contribution in [0.3, 0.4) is 0 Å². The lowest BCUT2D eigenvalue weighted by Crippen LogP contribution is -2.33. The van der Waals surface area contributed by atoms with Crippen molar-refractivity contribution in [3.05, 3.63) is 71.8 Å². The number of hydrogen-bond acceptors (Lipinski definition) is 5. The van der Waals surface area contributed by atoms with Gasteiger partial charge in [0.2, 0.25) is 5.91 Å². The fourth-order valence-corrected chi connectivity index (χ4v) is 2.52. The molecule has 1 saturated heterocycles. The zero-order valence-electron chi connectivity index (χ0n) is 13.5. The highest BCUT2D eigenvalue weighted by Crippen LogP contribution is 2.18. The van der Waals surface area contributed by atoms with Gasteiger partial charge < -0.3 is 9.47 Å². The molecule has 128 valence electrons. The number of ether oxygens (including phenoxy) is 2. The van der Waals surface area contributed by atoms with E-state index in [2.05, 4.69) is 0 Å². The van der Waals surface area contributed by atoms with Crippen molar-refractivity contribution in [2.24, 2.45) is 0 Å². The summed E-state index contributed by atoms with van der Waals surface area (Å²) in [4.78, 5) is 37.1. The monoisotopic (exact) mass is 339 g/mol. The average molecular weight is 339 g/mol. The number of imide groups is 1. The van der Waals surface area contributed by atoms with Crippen LogP contribution in [0.15, 0.2) is 60.7 Å². The largest absolute Gasteiger partial charge is 0.456 e. The summed E-state index contributed by atoms with van der Waals surface area (Å²) in [6.07, 6.45) is -1.42. The Morgan fingerprint density at radius 1 is 1.00 bits per heavy atom. The predicted molar refractivity (Wildman–Crippen MR) is 88.6 cm³/mol. The van der Waals surface area contributed by atoms with Gasteiger partial charge in [0.1, 0.15) is 12.7 Å². The third kappa shape index (κ3) is 4.23. The van der Waals surface area contributed by atoms with Gasteiger partial charge in [-0.25, -0.2) is 14.5 Å². The van der Waals surface area contributed by atoms with Crippen LogP contribution >= 0.6 is 0 Å². The summed E-state index contributed by atoms with van der Waals surface area (Å²) in [7, 11) is 0. The fourth-order valence-electron chi connectivity index (χ4n) is 2.52. The minimum absolute atomic E-state index is 0.00499. The molecular weight excluding hydrogens is 322 g/mol. The first-order valence-electron chi connectivity index (χ1n) is 7.90. The molecule has 25 heavy (non-hydrogen) atoms. The maximum absolute atomic E-state index is 12.1. The van der Waals surface area contributed by atoms with Crippen LogP contribution in [-0.2, 0) is 20.9 Å². The van der Waals surface area contributed by atoms with Gasteiger partial charge in [-0.1, -0.05) is 48.5 Å². The molecule has 1 fully saturated rings. The standard InChI is InChI=1S/C19H17NO5/c21-17-11-16(25-18(22)15-9-5-2-6-10-15)12-20(17)19(23)24-13-14-7-3-1-4-8-14/h1-10,16H,11-13H2. The van der Waals surface area contributed by atoms with E-state index in [-0.39, 0.29) is 19.6 Å². The van der Waals surface area contributed by atoms with Crippen LogP contribution < -0.4 is 0 Å². The van der Waals surface area contributed by atoms with Gasteiger partial charge in [-0.3, -0.25) is 4.79 Å². The molecular formula is C19H17NO5. The third-order valence-corrected chi connectivity index (χ3v) is 3.80. The molecule has 0 saturated carbocycles. The Bertz CT molecular complexity index is 760. The molecule has 3 rings (SSSR count). The van der Waals surface area contributed by atoms with E-state index in [9.17, 15) is 14.4 Å². The number of carbonyl (C=O) groups is 3. The Labute approximate surface area is 145 Å². The summed E-state index contributed by atoms with van der Waals surface area (Å²) in [5.41, 5.74) is 1.23. The van der Waals surface area contributed by atoms with Gasteiger partial charge >= 0.3 is 12.1 Å². The van der Waals surface area contributed by atoms with Crippen molar-refractivity contribution in [2.45, 2.75) is 19.1 Å². The molecule has 0 N–H and O–H groups in total. The molecule has 0 radical (unpaired) electrons. The highest BCUT2D eigenvalue weighted by Gasteiger charge is 2.37. The molecule has 6 nitrogen and oxygen atoms in total. The quantitative estimate of drug-likeness (QED) is 0.801.